The number of hydrogen-bond acceptors (Lipinski definition) is 2. The van der Waals surface area contributed by atoms with Crippen molar-refractivity contribution in [3.05, 3.63) is 34.3 Å². The molecule has 0 radical (unpaired) electrons. The van der Waals surface area contributed by atoms with Gasteiger partial charge in [0.2, 0.25) is 0 Å². The van der Waals surface area contributed by atoms with Gasteiger partial charge in [-0.15, -0.1) is 0 Å². The summed E-state index contributed by atoms with van der Waals surface area (Å²) in [6.45, 7) is 3.40. The first kappa shape index (κ1) is 9.97. The molecule has 0 bridgehead atoms. The number of aryl methyl sites for hydroxylation is 1. The molecule has 0 saturated carbocycles. The highest BCUT2D eigenvalue weighted by atomic mass is 35.5. The van der Waals surface area contributed by atoms with Crippen LogP contribution in [-0.2, 0) is 6.42 Å². The molecule has 0 atom stereocenters. The van der Waals surface area contributed by atoms with Crippen LogP contribution in [0.5, 0.6) is 0 Å². The van der Waals surface area contributed by atoms with Gasteiger partial charge >= 0.3 is 0 Å². The number of β-amino-alcohol motifs (C(OH)–C–C–N with tert-alkyl or cyclic N) is 1. The first-order valence-electron chi connectivity index (χ1n) is 4.77. The molecule has 1 aliphatic heterocycles. The summed E-state index contributed by atoms with van der Waals surface area (Å²) in [5.74, 6) is 0. The third kappa shape index (κ3) is 1.92. The van der Waals surface area contributed by atoms with E-state index in [1.807, 2.05) is 25.1 Å². The van der Waals surface area contributed by atoms with Gasteiger partial charge in [0.05, 0.1) is 5.60 Å². The summed E-state index contributed by atoms with van der Waals surface area (Å²) in [6, 6.07) is 5.81. The number of hydrogen-bond donors (Lipinski definition) is 2. The van der Waals surface area contributed by atoms with Gasteiger partial charge in [0.1, 0.15) is 0 Å². The quantitative estimate of drug-likeness (QED) is 0.778. The van der Waals surface area contributed by atoms with Gasteiger partial charge in [-0.1, -0.05) is 17.7 Å². The van der Waals surface area contributed by atoms with E-state index >= 15 is 0 Å². The fourth-order valence-electron chi connectivity index (χ4n) is 1.75. The van der Waals surface area contributed by atoms with Crippen LogP contribution in [0.1, 0.15) is 11.1 Å². The van der Waals surface area contributed by atoms with E-state index in [0.29, 0.717) is 19.5 Å². The molecule has 1 aromatic rings. The highest BCUT2D eigenvalue weighted by Gasteiger charge is 2.34. The van der Waals surface area contributed by atoms with Crippen LogP contribution in [0.2, 0.25) is 5.02 Å². The highest BCUT2D eigenvalue weighted by molar-refractivity contribution is 6.30. The minimum absolute atomic E-state index is 0.543. The molecule has 1 saturated heterocycles. The number of aliphatic hydroxyl groups is 1. The average molecular weight is 212 g/mol. The lowest BCUT2D eigenvalue weighted by atomic mass is 9.87. The molecule has 0 aromatic heterocycles. The van der Waals surface area contributed by atoms with Crippen molar-refractivity contribution in [2.45, 2.75) is 18.9 Å². The van der Waals surface area contributed by atoms with Crippen molar-refractivity contribution in [3.8, 4) is 0 Å². The lowest BCUT2D eigenvalue weighted by Gasteiger charge is -2.38. The van der Waals surface area contributed by atoms with Crippen LogP contribution in [0.3, 0.4) is 0 Å². The van der Waals surface area contributed by atoms with E-state index in [1.54, 1.807) is 0 Å². The Labute approximate surface area is 88.9 Å². The van der Waals surface area contributed by atoms with Crippen LogP contribution in [-0.4, -0.2) is 23.8 Å². The number of nitrogens with one attached hydrogen (secondary N) is 1. The molecule has 0 aliphatic carbocycles. The Morgan fingerprint density at radius 3 is 2.71 bits per heavy atom. The van der Waals surface area contributed by atoms with Crippen LogP contribution in [0, 0.1) is 6.92 Å². The molecular formula is C11H14ClNO. The summed E-state index contributed by atoms with van der Waals surface area (Å²) >= 11 is 5.86. The largest absolute Gasteiger partial charge is 0.387 e. The van der Waals surface area contributed by atoms with Crippen molar-refractivity contribution in [2.75, 3.05) is 13.1 Å². The van der Waals surface area contributed by atoms with E-state index < -0.39 is 5.60 Å². The third-order valence-electron chi connectivity index (χ3n) is 2.73. The molecule has 2 nitrogen and oxygen atoms in total. The SMILES string of the molecule is Cc1cc(Cl)ccc1CC1(O)CNC1. The molecule has 1 aliphatic rings. The standard InChI is InChI=1S/C11H14ClNO/c1-8-4-10(12)3-2-9(8)5-11(14)6-13-7-11/h2-4,13-14H,5-7H2,1H3. The van der Waals surface area contributed by atoms with Crippen molar-refractivity contribution < 1.29 is 5.11 Å². The average Bonchev–Trinajstić information content (AvgIpc) is 2.07. The molecule has 3 heteroatoms. The van der Waals surface area contributed by atoms with Gasteiger partial charge < -0.3 is 10.4 Å². The normalized spacial score (nSPS) is 19.1. The maximum atomic E-state index is 9.96. The van der Waals surface area contributed by atoms with E-state index in [2.05, 4.69) is 5.32 Å². The Morgan fingerprint density at radius 2 is 2.21 bits per heavy atom. The second kappa shape index (κ2) is 3.54. The maximum Gasteiger partial charge on any atom is 0.0935 e. The zero-order valence-corrected chi connectivity index (χ0v) is 8.93. The maximum absolute atomic E-state index is 9.96. The summed E-state index contributed by atoms with van der Waals surface area (Å²) in [6.07, 6.45) is 0.711. The van der Waals surface area contributed by atoms with Crippen LogP contribution in [0.15, 0.2) is 18.2 Å². The molecule has 0 amide bonds. The van der Waals surface area contributed by atoms with E-state index in [4.69, 9.17) is 11.6 Å². The first-order chi connectivity index (χ1) is 6.59. The van der Waals surface area contributed by atoms with Crippen LogP contribution >= 0.6 is 11.6 Å². The predicted molar refractivity (Wildman–Crippen MR) is 57.7 cm³/mol. The minimum atomic E-state index is -0.543. The van der Waals surface area contributed by atoms with Gasteiger partial charge in [0.25, 0.3) is 0 Å². The number of rotatable bonds is 2. The van der Waals surface area contributed by atoms with Crippen molar-refractivity contribution in [1.29, 1.82) is 0 Å². The lowest BCUT2D eigenvalue weighted by Crippen LogP contribution is -2.60. The van der Waals surface area contributed by atoms with Crippen molar-refractivity contribution >= 4 is 11.6 Å². The summed E-state index contributed by atoms with van der Waals surface area (Å²) < 4.78 is 0. The lowest BCUT2D eigenvalue weighted by molar-refractivity contribution is -0.00914. The molecule has 1 fully saturated rings. The zero-order valence-electron chi connectivity index (χ0n) is 8.18. The molecule has 2 N–H and O–H groups in total. The van der Waals surface area contributed by atoms with Crippen LogP contribution < -0.4 is 5.32 Å². The second-order valence-corrected chi connectivity index (χ2v) is 4.51. The molecule has 2 rings (SSSR count). The van der Waals surface area contributed by atoms with E-state index in [1.165, 1.54) is 5.56 Å². The van der Waals surface area contributed by atoms with E-state index in [9.17, 15) is 5.11 Å². The number of halogens is 1. The Hall–Kier alpha value is -0.570. The highest BCUT2D eigenvalue weighted by Crippen LogP contribution is 2.22. The monoisotopic (exact) mass is 211 g/mol. The van der Waals surface area contributed by atoms with Crippen LogP contribution in [0.25, 0.3) is 0 Å². The van der Waals surface area contributed by atoms with Crippen molar-refractivity contribution in [2.24, 2.45) is 0 Å². The zero-order chi connectivity index (χ0) is 10.2. The Kier molecular flexibility index (Phi) is 2.52. The fourth-order valence-corrected chi connectivity index (χ4v) is 1.98. The van der Waals surface area contributed by atoms with Gasteiger partial charge in [-0.2, -0.15) is 0 Å². The van der Waals surface area contributed by atoms with Gasteiger partial charge in [0, 0.05) is 24.5 Å². The Balaban J connectivity index is 2.16. The van der Waals surface area contributed by atoms with Crippen LogP contribution in [0.4, 0.5) is 0 Å². The summed E-state index contributed by atoms with van der Waals surface area (Å²) in [5.41, 5.74) is 1.79. The molecule has 0 spiro atoms. The smallest absolute Gasteiger partial charge is 0.0935 e. The van der Waals surface area contributed by atoms with Crippen molar-refractivity contribution in [3.63, 3.8) is 0 Å². The minimum Gasteiger partial charge on any atom is -0.387 e. The molecule has 76 valence electrons. The van der Waals surface area contributed by atoms with Gasteiger partial charge in [-0.05, 0) is 30.2 Å². The summed E-state index contributed by atoms with van der Waals surface area (Å²) in [4.78, 5) is 0. The van der Waals surface area contributed by atoms with E-state index in [-0.39, 0.29) is 0 Å². The van der Waals surface area contributed by atoms with E-state index in [0.717, 1.165) is 10.6 Å². The second-order valence-electron chi connectivity index (χ2n) is 4.08. The molecular weight excluding hydrogens is 198 g/mol. The topological polar surface area (TPSA) is 32.3 Å². The molecule has 0 unspecified atom stereocenters. The van der Waals surface area contributed by atoms with Gasteiger partial charge in [-0.25, -0.2) is 0 Å². The summed E-state index contributed by atoms with van der Waals surface area (Å²) in [5, 5.41) is 13.8. The Morgan fingerprint density at radius 1 is 1.50 bits per heavy atom. The molecule has 1 heterocycles. The van der Waals surface area contributed by atoms with Crippen molar-refractivity contribution in [1.82, 2.24) is 5.32 Å². The van der Waals surface area contributed by atoms with Gasteiger partial charge in [-0.3, -0.25) is 0 Å². The third-order valence-corrected chi connectivity index (χ3v) is 2.97. The number of benzene rings is 1. The first-order valence-corrected chi connectivity index (χ1v) is 5.15. The predicted octanol–water partition coefficient (Wildman–Crippen LogP) is 1.53. The molecule has 1 aromatic carbocycles. The fraction of sp³-hybridized carbons (Fsp3) is 0.455. The Bertz CT molecular complexity index is 347. The summed E-state index contributed by atoms with van der Waals surface area (Å²) in [7, 11) is 0. The molecule has 14 heavy (non-hydrogen) atoms. The van der Waals surface area contributed by atoms with Gasteiger partial charge in [0.15, 0.2) is 0 Å².